The standard InChI is InChI=1S/C20H22F2N2O2/c1-12(2)13-8-10-14(11-9-13)23-18(25)20(3,4)19(26)24-17-15(21)6-5-7-16(17)22/h5-12H,1-4H3,(H,23,25)(H,24,26). The Hall–Kier alpha value is -2.76. The summed E-state index contributed by atoms with van der Waals surface area (Å²) in [5.41, 5.74) is -0.446. The molecule has 0 spiro atoms. The summed E-state index contributed by atoms with van der Waals surface area (Å²) in [6, 6.07) is 10.5. The first kappa shape index (κ1) is 19.6. The summed E-state index contributed by atoms with van der Waals surface area (Å²) in [7, 11) is 0. The van der Waals surface area contributed by atoms with Gasteiger partial charge in [0.15, 0.2) is 0 Å². The molecular weight excluding hydrogens is 338 g/mol. The Balaban J connectivity index is 2.12. The number of anilines is 2. The second-order valence-corrected chi connectivity index (χ2v) is 6.91. The number of para-hydroxylation sites is 1. The first-order chi connectivity index (χ1) is 12.1. The molecular formula is C20H22F2N2O2. The van der Waals surface area contributed by atoms with E-state index in [-0.39, 0.29) is 0 Å². The van der Waals surface area contributed by atoms with Crippen LogP contribution in [0.25, 0.3) is 0 Å². The molecule has 0 aliphatic carbocycles. The quantitative estimate of drug-likeness (QED) is 0.760. The molecule has 2 aromatic carbocycles. The minimum Gasteiger partial charge on any atom is -0.325 e. The molecule has 0 heterocycles. The monoisotopic (exact) mass is 360 g/mol. The summed E-state index contributed by atoms with van der Waals surface area (Å²) >= 11 is 0. The zero-order chi connectivity index (χ0) is 19.5. The summed E-state index contributed by atoms with van der Waals surface area (Å²) < 4.78 is 27.4. The molecule has 0 bridgehead atoms. The maximum atomic E-state index is 13.7. The van der Waals surface area contributed by atoms with Crippen LogP contribution in [-0.4, -0.2) is 11.8 Å². The van der Waals surface area contributed by atoms with Crippen molar-refractivity contribution < 1.29 is 18.4 Å². The molecule has 4 nitrogen and oxygen atoms in total. The fourth-order valence-corrected chi connectivity index (χ4v) is 2.23. The molecule has 2 rings (SSSR count). The lowest BCUT2D eigenvalue weighted by molar-refractivity contribution is -0.135. The van der Waals surface area contributed by atoms with Crippen molar-refractivity contribution in [1.82, 2.24) is 0 Å². The molecule has 0 aliphatic heterocycles. The SMILES string of the molecule is CC(C)c1ccc(NC(=O)C(C)(C)C(=O)Nc2c(F)cccc2F)cc1. The Morgan fingerprint density at radius 2 is 1.38 bits per heavy atom. The van der Waals surface area contributed by atoms with E-state index in [2.05, 4.69) is 24.5 Å². The van der Waals surface area contributed by atoms with Crippen LogP contribution in [-0.2, 0) is 9.59 Å². The van der Waals surface area contributed by atoms with E-state index in [0.717, 1.165) is 17.7 Å². The van der Waals surface area contributed by atoms with Crippen LogP contribution in [0.2, 0.25) is 0 Å². The highest BCUT2D eigenvalue weighted by atomic mass is 19.1. The number of amides is 2. The van der Waals surface area contributed by atoms with Crippen LogP contribution in [0.1, 0.15) is 39.2 Å². The largest absolute Gasteiger partial charge is 0.325 e. The van der Waals surface area contributed by atoms with Gasteiger partial charge in [-0.1, -0.05) is 32.0 Å². The van der Waals surface area contributed by atoms with Crippen LogP contribution in [0, 0.1) is 17.0 Å². The first-order valence-corrected chi connectivity index (χ1v) is 8.29. The van der Waals surface area contributed by atoms with Crippen molar-refractivity contribution in [2.24, 2.45) is 5.41 Å². The van der Waals surface area contributed by atoms with Gasteiger partial charge in [0.1, 0.15) is 22.7 Å². The molecule has 2 N–H and O–H groups in total. The van der Waals surface area contributed by atoms with Gasteiger partial charge in [-0.3, -0.25) is 9.59 Å². The Morgan fingerprint density at radius 3 is 1.88 bits per heavy atom. The highest BCUT2D eigenvalue weighted by molar-refractivity contribution is 6.14. The van der Waals surface area contributed by atoms with E-state index in [1.807, 2.05) is 12.1 Å². The van der Waals surface area contributed by atoms with Crippen LogP contribution in [0.4, 0.5) is 20.2 Å². The lowest BCUT2D eigenvalue weighted by atomic mass is 9.90. The van der Waals surface area contributed by atoms with Gasteiger partial charge < -0.3 is 10.6 Å². The molecule has 0 aliphatic rings. The molecule has 2 amide bonds. The van der Waals surface area contributed by atoms with Gasteiger partial charge in [0.2, 0.25) is 11.8 Å². The van der Waals surface area contributed by atoms with Crippen LogP contribution >= 0.6 is 0 Å². The summed E-state index contributed by atoms with van der Waals surface area (Å²) in [4.78, 5) is 24.9. The number of halogens is 2. The van der Waals surface area contributed by atoms with E-state index < -0.39 is 34.6 Å². The Labute approximate surface area is 151 Å². The first-order valence-electron chi connectivity index (χ1n) is 8.29. The van der Waals surface area contributed by atoms with Gasteiger partial charge in [-0.05, 0) is 49.6 Å². The van der Waals surface area contributed by atoms with Gasteiger partial charge in [-0.25, -0.2) is 8.78 Å². The normalized spacial score (nSPS) is 11.3. The average molecular weight is 360 g/mol. The number of hydrogen-bond acceptors (Lipinski definition) is 2. The molecule has 0 saturated heterocycles. The molecule has 0 saturated carbocycles. The highest BCUT2D eigenvalue weighted by Gasteiger charge is 2.37. The van der Waals surface area contributed by atoms with Crippen LogP contribution < -0.4 is 10.6 Å². The van der Waals surface area contributed by atoms with E-state index in [1.165, 1.54) is 19.9 Å². The van der Waals surface area contributed by atoms with Crippen molar-refractivity contribution in [3.05, 3.63) is 59.7 Å². The second-order valence-electron chi connectivity index (χ2n) is 6.91. The van der Waals surface area contributed by atoms with E-state index in [1.54, 1.807) is 12.1 Å². The van der Waals surface area contributed by atoms with E-state index >= 15 is 0 Å². The number of hydrogen-bond donors (Lipinski definition) is 2. The number of rotatable bonds is 5. The zero-order valence-electron chi connectivity index (χ0n) is 15.2. The smallest absolute Gasteiger partial charge is 0.239 e. The van der Waals surface area contributed by atoms with Gasteiger partial charge in [0, 0.05) is 5.69 Å². The summed E-state index contributed by atoms with van der Waals surface area (Å²) in [5.74, 6) is -2.84. The van der Waals surface area contributed by atoms with Crippen molar-refractivity contribution in [3.8, 4) is 0 Å². The predicted octanol–water partition coefficient (Wildman–Crippen LogP) is 4.69. The van der Waals surface area contributed by atoms with Gasteiger partial charge in [-0.2, -0.15) is 0 Å². The third kappa shape index (κ3) is 4.25. The Bertz CT molecular complexity index is 795. The summed E-state index contributed by atoms with van der Waals surface area (Å²) in [6.45, 7) is 6.89. The number of nitrogens with one attached hydrogen (secondary N) is 2. The molecule has 26 heavy (non-hydrogen) atoms. The van der Waals surface area contributed by atoms with Gasteiger partial charge in [0.05, 0.1) is 0 Å². The maximum Gasteiger partial charge on any atom is 0.239 e. The third-order valence-corrected chi connectivity index (χ3v) is 4.17. The highest BCUT2D eigenvalue weighted by Crippen LogP contribution is 2.25. The zero-order valence-corrected chi connectivity index (χ0v) is 15.2. The Kier molecular flexibility index (Phi) is 5.75. The predicted molar refractivity (Wildman–Crippen MR) is 97.9 cm³/mol. The molecule has 2 aromatic rings. The van der Waals surface area contributed by atoms with Crippen LogP contribution in [0.15, 0.2) is 42.5 Å². The molecule has 138 valence electrons. The Morgan fingerprint density at radius 1 is 0.885 bits per heavy atom. The fraction of sp³-hybridized carbons (Fsp3) is 0.300. The van der Waals surface area contributed by atoms with E-state index in [9.17, 15) is 18.4 Å². The van der Waals surface area contributed by atoms with Gasteiger partial charge in [0.25, 0.3) is 0 Å². The van der Waals surface area contributed by atoms with Crippen molar-refractivity contribution >= 4 is 23.2 Å². The topological polar surface area (TPSA) is 58.2 Å². The minimum absolute atomic E-state index is 0.359. The molecule has 6 heteroatoms. The lowest BCUT2D eigenvalue weighted by Crippen LogP contribution is -2.41. The number of carbonyl (C=O) groups is 2. The van der Waals surface area contributed by atoms with Crippen molar-refractivity contribution in [3.63, 3.8) is 0 Å². The third-order valence-electron chi connectivity index (χ3n) is 4.17. The molecule has 0 atom stereocenters. The van der Waals surface area contributed by atoms with Gasteiger partial charge in [-0.15, -0.1) is 0 Å². The van der Waals surface area contributed by atoms with E-state index in [0.29, 0.717) is 11.6 Å². The summed E-state index contributed by atoms with van der Waals surface area (Å²) in [5, 5.41) is 4.82. The fourth-order valence-electron chi connectivity index (χ4n) is 2.23. The second kappa shape index (κ2) is 7.64. The number of carbonyl (C=O) groups excluding carboxylic acids is 2. The van der Waals surface area contributed by atoms with Crippen LogP contribution in [0.3, 0.4) is 0 Å². The average Bonchev–Trinajstić information content (AvgIpc) is 2.58. The van der Waals surface area contributed by atoms with Crippen molar-refractivity contribution in [2.75, 3.05) is 10.6 Å². The molecule has 0 aromatic heterocycles. The van der Waals surface area contributed by atoms with Gasteiger partial charge >= 0.3 is 0 Å². The lowest BCUT2D eigenvalue weighted by Gasteiger charge is -2.23. The number of benzene rings is 2. The molecule has 0 fully saturated rings. The van der Waals surface area contributed by atoms with E-state index in [4.69, 9.17) is 0 Å². The van der Waals surface area contributed by atoms with Crippen molar-refractivity contribution in [1.29, 1.82) is 0 Å². The maximum absolute atomic E-state index is 13.7. The minimum atomic E-state index is -1.54. The molecule has 0 unspecified atom stereocenters. The summed E-state index contributed by atoms with van der Waals surface area (Å²) in [6.07, 6.45) is 0. The molecule has 0 radical (unpaired) electrons. The van der Waals surface area contributed by atoms with Crippen molar-refractivity contribution in [2.45, 2.75) is 33.6 Å². The van der Waals surface area contributed by atoms with Crippen LogP contribution in [0.5, 0.6) is 0 Å².